The molecule has 0 bridgehead atoms. The molecule has 1 aliphatic rings. The van der Waals surface area contributed by atoms with Crippen LogP contribution in [0.4, 0.5) is 13.2 Å². The lowest BCUT2D eigenvalue weighted by Gasteiger charge is -2.22. The quantitative estimate of drug-likeness (QED) is 0.768. The maximum atomic E-state index is 12.6. The molecule has 7 heteroatoms. The summed E-state index contributed by atoms with van der Waals surface area (Å²) < 4.78 is 37.9. The van der Waals surface area contributed by atoms with Crippen LogP contribution >= 0.6 is 0 Å². The fraction of sp³-hybridized carbons (Fsp3) is 0.333. The van der Waals surface area contributed by atoms with E-state index in [-0.39, 0.29) is 18.4 Å². The molecule has 0 radical (unpaired) electrons. The van der Waals surface area contributed by atoms with E-state index in [9.17, 15) is 27.9 Å². The zero-order valence-corrected chi connectivity index (χ0v) is 9.62. The van der Waals surface area contributed by atoms with Crippen molar-refractivity contribution in [1.82, 2.24) is 5.32 Å². The number of nitrogens with one attached hydrogen (secondary N) is 1. The number of aromatic hydroxyl groups is 1. The van der Waals surface area contributed by atoms with Crippen LogP contribution in [0.25, 0.3) is 0 Å². The molecule has 0 spiro atoms. The van der Waals surface area contributed by atoms with Gasteiger partial charge in [-0.25, -0.2) is 0 Å². The Kier molecular flexibility index (Phi) is 3.21. The van der Waals surface area contributed by atoms with Crippen LogP contribution in [0.15, 0.2) is 18.2 Å². The summed E-state index contributed by atoms with van der Waals surface area (Å²) in [6, 6.07) is 2.90. The van der Waals surface area contributed by atoms with Gasteiger partial charge in [0.25, 0.3) is 0 Å². The number of imide groups is 1. The molecular formula is C12H10F3NO3. The van der Waals surface area contributed by atoms with E-state index in [1.165, 1.54) is 6.07 Å². The van der Waals surface area contributed by atoms with Gasteiger partial charge in [0.2, 0.25) is 11.8 Å². The number of halogens is 3. The highest BCUT2D eigenvalue weighted by Crippen LogP contribution is 2.38. The Balaban J connectivity index is 2.36. The minimum absolute atomic E-state index is 0.0820. The van der Waals surface area contributed by atoms with Crippen LogP contribution in [0.3, 0.4) is 0 Å². The number of benzene rings is 1. The average molecular weight is 273 g/mol. The molecule has 0 aliphatic carbocycles. The number of carbonyl (C=O) groups is 2. The summed E-state index contributed by atoms with van der Waals surface area (Å²) in [5.41, 5.74) is -1.05. The number of alkyl halides is 3. The standard InChI is InChI=1S/C12H10F3NO3/c13-12(14,15)8-5-6(1-3-9(8)17)7-2-4-10(18)16-11(7)19/h1,3,5,7,17H,2,4H2,(H,16,18,19). The summed E-state index contributed by atoms with van der Waals surface area (Å²) in [4.78, 5) is 22.6. The Labute approximate surface area is 106 Å². The van der Waals surface area contributed by atoms with Crippen LogP contribution in [0.5, 0.6) is 5.75 Å². The molecule has 0 aromatic heterocycles. The van der Waals surface area contributed by atoms with Gasteiger partial charge in [-0.05, 0) is 24.1 Å². The molecule has 19 heavy (non-hydrogen) atoms. The smallest absolute Gasteiger partial charge is 0.419 e. The predicted molar refractivity (Wildman–Crippen MR) is 58.2 cm³/mol. The molecule has 1 fully saturated rings. The maximum absolute atomic E-state index is 12.6. The summed E-state index contributed by atoms with van der Waals surface area (Å²) >= 11 is 0. The maximum Gasteiger partial charge on any atom is 0.419 e. The number of hydrogen-bond acceptors (Lipinski definition) is 3. The Morgan fingerprint density at radius 2 is 1.95 bits per heavy atom. The summed E-state index contributed by atoms with van der Waals surface area (Å²) in [5.74, 6) is -2.74. The summed E-state index contributed by atoms with van der Waals surface area (Å²) in [6.45, 7) is 0. The van der Waals surface area contributed by atoms with Crippen molar-refractivity contribution >= 4 is 11.8 Å². The fourth-order valence-electron chi connectivity index (χ4n) is 2.01. The van der Waals surface area contributed by atoms with Gasteiger partial charge in [0.05, 0.1) is 11.5 Å². The molecule has 1 atom stereocenters. The minimum atomic E-state index is -4.69. The molecule has 4 nitrogen and oxygen atoms in total. The third-order valence-corrected chi connectivity index (χ3v) is 2.97. The van der Waals surface area contributed by atoms with Gasteiger partial charge in [-0.2, -0.15) is 13.2 Å². The van der Waals surface area contributed by atoms with Crippen LogP contribution in [0, 0.1) is 0 Å². The van der Waals surface area contributed by atoms with E-state index in [2.05, 4.69) is 5.32 Å². The zero-order chi connectivity index (χ0) is 14.2. The summed E-state index contributed by atoms with van der Waals surface area (Å²) in [7, 11) is 0. The largest absolute Gasteiger partial charge is 0.507 e. The second-order valence-electron chi connectivity index (χ2n) is 4.28. The van der Waals surface area contributed by atoms with Gasteiger partial charge in [-0.1, -0.05) is 6.07 Å². The normalized spacial score (nSPS) is 20.3. The van der Waals surface area contributed by atoms with E-state index in [0.29, 0.717) is 0 Å². The summed E-state index contributed by atoms with van der Waals surface area (Å²) in [5, 5.41) is 11.3. The lowest BCUT2D eigenvalue weighted by molar-refractivity contribution is -0.139. The highest BCUT2D eigenvalue weighted by Gasteiger charge is 2.36. The van der Waals surface area contributed by atoms with Crippen LogP contribution < -0.4 is 5.32 Å². The third kappa shape index (κ3) is 2.69. The zero-order valence-electron chi connectivity index (χ0n) is 9.62. The molecule has 1 saturated heterocycles. The van der Waals surface area contributed by atoms with E-state index in [4.69, 9.17) is 0 Å². The van der Waals surface area contributed by atoms with Crippen molar-refractivity contribution in [3.05, 3.63) is 29.3 Å². The van der Waals surface area contributed by atoms with Gasteiger partial charge in [0, 0.05) is 6.42 Å². The SMILES string of the molecule is O=C1CCC(c2ccc(O)c(C(F)(F)F)c2)C(=O)N1. The number of phenols is 1. The molecular weight excluding hydrogens is 263 g/mol. The minimum Gasteiger partial charge on any atom is -0.507 e. The topological polar surface area (TPSA) is 66.4 Å². The van der Waals surface area contributed by atoms with Gasteiger partial charge in [0.15, 0.2) is 0 Å². The van der Waals surface area contributed by atoms with E-state index >= 15 is 0 Å². The van der Waals surface area contributed by atoms with Crippen molar-refractivity contribution in [2.75, 3.05) is 0 Å². The summed E-state index contributed by atoms with van der Waals surface area (Å²) in [6.07, 6.45) is -4.45. The average Bonchev–Trinajstić information content (AvgIpc) is 2.29. The van der Waals surface area contributed by atoms with Gasteiger partial charge in [-0.15, -0.1) is 0 Å². The van der Waals surface area contributed by atoms with Crippen molar-refractivity contribution in [3.63, 3.8) is 0 Å². The fourth-order valence-corrected chi connectivity index (χ4v) is 2.01. The van der Waals surface area contributed by atoms with E-state index in [0.717, 1.165) is 12.1 Å². The van der Waals surface area contributed by atoms with Crippen LogP contribution in [-0.2, 0) is 15.8 Å². The van der Waals surface area contributed by atoms with Crippen molar-refractivity contribution in [2.45, 2.75) is 24.9 Å². The molecule has 0 saturated carbocycles. The first-order valence-electron chi connectivity index (χ1n) is 5.53. The first-order chi connectivity index (χ1) is 8.79. The molecule has 1 aromatic carbocycles. The molecule has 1 aromatic rings. The number of piperidine rings is 1. The number of amides is 2. The lowest BCUT2D eigenvalue weighted by atomic mass is 9.89. The Bertz CT molecular complexity index is 540. The Morgan fingerprint density at radius 3 is 2.53 bits per heavy atom. The third-order valence-electron chi connectivity index (χ3n) is 2.97. The molecule has 1 unspecified atom stereocenters. The molecule has 102 valence electrons. The first-order valence-corrected chi connectivity index (χ1v) is 5.53. The van der Waals surface area contributed by atoms with E-state index in [1.807, 2.05) is 0 Å². The van der Waals surface area contributed by atoms with Crippen molar-refractivity contribution in [3.8, 4) is 5.75 Å². The van der Waals surface area contributed by atoms with E-state index < -0.39 is 35.2 Å². The second-order valence-corrected chi connectivity index (χ2v) is 4.28. The van der Waals surface area contributed by atoms with Crippen LogP contribution in [-0.4, -0.2) is 16.9 Å². The van der Waals surface area contributed by atoms with E-state index in [1.54, 1.807) is 0 Å². The van der Waals surface area contributed by atoms with Gasteiger partial charge >= 0.3 is 6.18 Å². The monoisotopic (exact) mass is 273 g/mol. The van der Waals surface area contributed by atoms with Crippen molar-refractivity contribution in [2.24, 2.45) is 0 Å². The predicted octanol–water partition coefficient (Wildman–Crippen LogP) is 1.93. The number of phenolic OH excluding ortho intramolecular Hbond substituents is 1. The van der Waals surface area contributed by atoms with Gasteiger partial charge in [-0.3, -0.25) is 14.9 Å². The molecule has 1 heterocycles. The second kappa shape index (κ2) is 4.56. The van der Waals surface area contributed by atoms with Crippen LogP contribution in [0.2, 0.25) is 0 Å². The lowest BCUT2D eigenvalue weighted by Crippen LogP contribution is -2.39. The number of hydrogen-bond donors (Lipinski definition) is 2. The van der Waals surface area contributed by atoms with Crippen molar-refractivity contribution < 1.29 is 27.9 Å². The number of rotatable bonds is 1. The van der Waals surface area contributed by atoms with Crippen molar-refractivity contribution in [1.29, 1.82) is 0 Å². The van der Waals surface area contributed by atoms with Gasteiger partial charge in [0.1, 0.15) is 5.75 Å². The van der Waals surface area contributed by atoms with Gasteiger partial charge < -0.3 is 5.11 Å². The highest BCUT2D eigenvalue weighted by atomic mass is 19.4. The molecule has 1 aliphatic heterocycles. The number of carbonyl (C=O) groups excluding carboxylic acids is 2. The Morgan fingerprint density at radius 1 is 1.26 bits per heavy atom. The highest BCUT2D eigenvalue weighted by molar-refractivity contribution is 6.00. The first kappa shape index (κ1) is 13.4. The molecule has 2 rings (SSSR count). The molecule has 2 amide bonds. The Hall–Kier alpha value is -2.05. The van der Waals surface area contributed by atoms with Crippen LogP contribution in [0.1, 0.15) is 29.9 Å². The molecule has 2 N–H and O–H groups in total.